The number of nitrogens with zero attached hydrogens (tertiary/aromatic N) is 2. The molecule has 1 aromatic heterocycles. The molecule has 1 aliphatic heterocycles. The van der Waals surface area contributed by atoms with Crippen LogP contribution in [0.25, 0.3) is 0 Å². The zero-order chi connectivity index (χ0) is 25.0. The van der Waals surface area contributed by atoms with Crippen molar-refractivity contribution in [2.45, 2.75) is 70.4 Å². The average molecular weight is 510 g/mol. The number of aromatic nitrogens is 1. The quantitative estimate of drug-likeness (QED) is 0.186. The lowest BCUT2D eigenvalue weighted by molar-refractivity contribution is -0.161. The fourth-order valence-electron chi connectivity index (χ4n) is 3.32. The van der Waals surface area contributed by atoms with Crippen LogP contribution in [-0.2, 0) is 23.9 Å². The largest absolute Gasteiger partial charge is 0.464 e. The van der Waals surface area contributed by atoms with E-state index in [1.165, 1.54) is 4.90 Å². The first-order valence-electron chi connectivity index (χ1n) is 11.8. The van der Waals surface area contributed by atoms with Gasteiger partial charge in [0.2, 0.25) is 11.7 Å². The number of hydrogen-bond acceptors (Lipinski definition) is 8. The van der Waals surface area contributed by atoms with Gasteiger partial charge in [0, 0.05) is 36.9 Å². The van der Waals surface area contributed by atoms with Gasteiger partial charge in [0.1, 0.15) is 11.1 Å². The zero-order valence-electron chi connectivity index (χ0n) is 20.2. The third kappa shape index (κ3) is 8.94. The highest BCUT2D eigenvalue weighted by atomic mass is 33.1. The molecule has 2 amide bonds. The van der Waals surface area contributed by atoms with Crippen LogP contribution in [0.1, 0.15) is 59.3 Å². The summed E-state index contributed by atoms with van der Waals surface area (Å²) in [6.45, 7) is 6.38. The molecule has 8 nitrogen and oxygen atoms in total. The number of hydrogen-bond donors (Lipinski definition) is 1. The minimum absolute atomic E-state index is 0.0960. The molecule has 0 unspecified atom stereocenters. The predicted octanol–water partition coefficient (Wildman–Crippen LogP) is 3.65. The van der Waals surface area contributed by atoms with Crippen molar-refractivity contribution in [1.82, 2.24) is 15.2 Å². The maximum atomic E-state index is 12.8. The number of likely N-dealkylation sites (tertiary alicyclic amines) is 1. The number of carbonyl (C=O) groups excluding carboxylic acids is 4. The van der Waals surface area contributed by atoms with Gasteiger partial charge in [-0.3, -0.25) is 14.4 Å². The molecule has 1 aromatic rings. The predicted molar refractivity (Wildman–Crippen MR) is 134 cm³/mol. The molecule has 188 valence electrons. The standard InChI is InChI=1S/C24H35N3O5S2/c1-4-24(2,3)21(29)22(30)27-15-8-6-10-18(27)23(31)32-16-9-11-19(28)25-14-17-33-34-20-12-5-7-13-26-20/h5,7,12-13,18H,4,6,8-11,14-17H2,1-3H3,(H,25,28)/t18-/m0/s1. The van der Waals surface area contributed by atoms with Gasteiger partial charge in [-0.15, -0.1) is 0 Å². The van der Waals surface area contributed by atoms with Gasteiger partial charge >= 0.3 is 5.97 Å². The first kappa shape index (κ1) is 28.2. The van der Waals surface area contributed by atoms with E-state index in [0.717, 1.165) is 23.6 Å². The number of rotatable bonds is 13. The van der Waals surface area contributed by atoms with Gasteiger partial charge in [-0.1, -0.05) is 37.6 Å². The Morgan fingerprint density at radius 3 is 2.74 bits per heavy atom. The molecule has 0 saturated carbocycles. The number of ether oxygens (including phenoxy) is 1. The van der Waals surface area contributed by atoms with E-state index in [0.29, 0.717) is 32.4 Å². The maximum Gasteiger partial charge on any atom is 0.328 e. The molecule has 2 rings (SSSR count). The van der Waals surface area contributed by atoms with Crippen molar-refractivity contribution in [3.05, 3.63) is 24.4 Å². The van der Waals surface area contributed by atoms with Crippen LogP contribution < -0.4 is 5.32 Å². The number of pyridine rings is 1. The smallest absolute Gasteiger partial charge is 0.328 e. The molecular formula is C24H35N3O5S2. The first-order valence-corrected chi connectivity index (χ1v) is 14.1. The Bertz CT molecular complexity index is 835. The molecule has 1 atom stereocenters. The molecule has 34 heavy (non-hydrogen) atoms. The van der Waals surface area contributed by atoms with E-state index >= 15 is 0 Å². The molecule has 0 bridgehead atoms. The molecule has 1 fully saturated rings. The molecule has 0 spiro atoms. The monoisotopic (exact) mass is 509 g/mol. The lowest BCUT2D eigenvalue weighted by Crippen LogP contribution is -2.53. The Morgan fingerprint density at radius 1 is 1.24 bits per heavy atom. The first-order chi connectivity index (χ1) is 16.3. The minimum atomic E-state index is -0.758. The van der Waals surface area contributed by atoms with E-state index in [2.05, 4.69) is 10.3 Å². The zero-order valence-corrected chi connectivity index (χ0v) is 21.8. The topological polar surface area (TPSA) is 106 Å². The van der Waals surface area contributed by atoms with Gasteiger partial charge < -0.3 is 15.0 Å². The van der Waals surface area contributed by atoms with Crippen molar-refractivity contribution in [2.75, 3.05) is 25.4 Å². The number of ketones is 1. The van der Waals surface area contributed by atoms with Crippen molar-refractivity contribution >= 4 is 45.2 Å². The van der Waals surface area contributed by atoms with E-state index < -0.39 is 29.1 Å². The van der Waals surface area contributed by atoms with E-state index in [9.17, 15) is 19.2 Å². The number of piperidine rings is 1. The highest BCUT2D eigenvalue weighted by molar-refractivity contribution is 8.76. The molecular weight excluding hydrogens is 474 g/mol. The van der Waals surface area contributed by atoms with Crippen LogP contribution in [0.2, 0.25) is 0 Å². The Balaban J connectivity index is 1.66. The Hall–Kier alpha value is -2.07. The van der Waals surface area contributed by atoms with Crippen LogP contribution in [0, 0.1) is 5.41 Å². The number of carbonyl (C=O) groups is 4. The fraction of sp³-hybridized carbons (Fsp3) is 0.625. The number of Topliss-reactive ketones (excluding diaryl/α,β-unsaturated/α-hetero) is 1. The van der Waals surface area contributed by atoms with Gasteiger partial charge in [0.05, 0.1) is 6.61 Å². The van der Waals surface area contributed by atoms with Crippen LogP contribution in [0.3, 0.4) is 0 Å². The van der Waals surface area contributed by atoms with Crippen LogP contribution in [0.5, 0.6) is 0 Å². The Kier molecular flexibility index (Phi) is 11.9. The molecule has 1 N–H and O–H groups in total. The van der Waals surface area contributed by atoms with Crippen molar-refractivity contribution in [1.29, 1.82) is 0 Å². The van der Waals surface area contributed by atoms with Crippen molar-refractivity contribution < 1.29 is 23.9 Å². The minimum Gasteiger partial charge on any atom is -0.464 e. The summed E-state index contributed by atoms with van der Waals surface area (Å²) in [7, 11) is 3.18. The van der Waals surface area contributed by atoms with E-state index in [4.69, 9.17) is 4.74 Å². The van der Waals surface area contributed by atoms with Crippen LogP contribution in [0.15, 0.2) is 29.4 Å². The third-order valence-electron chi connectivity index (χ3n) is 5.81. The summed E-state index contributed by atoms with van der Waals surface area (Å²) in [5, 5.41) is 3.78. The highest BCUT2D eigenvalue weighted by Gasteiger charge is 2.40. The number of esters is 1. The van der Waals surface area contributed by atoms with Crippen LogP contribution >= 0.6 is 21.6 Å². The highest BCUT2D eigenvalue weighted by Crippen LogP contribution is 2.28. The summed E-state index contributed by atoms with van der Waals surface area (Å²) in [6.07, 6.45) is 4.98. The van der Waals surface area contributed by atoms with Gasteiger partial charge in [0.15, 0.2) is 0 Å². The van der Waals surface area contributed by atoms with Gasteiger partial charge in [-0.05, 0) is 55.0 Å². The van der Waals surface area contributed by atoms with Gasteiger partial charge in [0.25, 0.3) is 5.91 Å². The molecule has 2 heterocycles. The molecule has 0 aromatic carbocycles. The number of nitrogens with one attached hydrogen (secondary N) is 1. The van der Waals surface area contributed by atoms with E-state index in [1.54, 1.807) is 41.6 Å². The second-order valence-electron chi connectivity index (χ2n) is 8.77. The summed E-state index contributed by atoms with van der Waals surface area (Å²) >= 11 is 0. The summed E-state index contributed by atoms with van der Waals surface area (Å²) < 4.78 is 5.36. The third-order valence-corrected chi connectivity index (χ3v) is 8.08. The summed E-state index contributed by atoms with van der Waals surface area (Å²) in [6, 6.07) is 5.00. The maximum absolute atomic E-state index is 12.8. The molecule has 10 heteroatoms. The van der Waals surface area contributed by atoms with Gasteiger partial charge in [-0.25, -0.2) is 9.78 Å². The Morgan fingerprint density at radius 2 is 2.03 bits per heavy atom. The van der Waals surface area contributed by atoms with Crippen molar-refractivity contribution in [3.63, 3.8) is 0 Å². The second kappa shape index (κ2) is 14.4. The average Bonchev–Trinajstić information content (AvgIpc) is 2.86. The Labute approximate surface area is 209 Å². The summed E-state index contributed by atoms with van der Waals surface area (Å²) in [5.74, 6) is -0.920. The summed E-state index contributed by atoms with van der Waals surface area (Å²) in [4.78, 5) is 55.6. The lowest BCUT2D eigenvalue weighted by atomic mass is 9.84. The van der Waals surface area contributed by atoms with E-state index in [-0.39, 0.29) is 18.9 Å². The molecule has 0 radical (unpaired) electrons. The molecule has 0 aliphatic carbocycles. The van der Waals surface area contributed by atoms with Crippen LogP contribution in [-0.4, -0.2) is 64.9 Å². The molecule has 1 saturated heterocycles. The normalized spacial score (nSPS) is 16.1. The lowest BCUT2D eigenvalue weighted by Gasteiger charge is -2.35. The molecule has 1 aliphatic rings. The van der Waals surface area contributed by atoms with Crippen LogP contribution in [0.4, 0.5) is 0 Å². The SMILES string of the molecule is CCC(C)(C)C(=O)C(=O)N1CCCC[C@H]1C(=O)OCCCC(=O)NCCSSc1ccccn1. The van der Waals surface area contributed by atoms with Crippen molar-refractivity contribution in [2.24, 2.45) is 5.41 Å². The van der Waals surface area contributed by atoms with Crippen molar-refractivity contribution in [3.8, 4) is 0 Å². The summed E-state index contributed by atoms with van der Waals surface area (Å²) in [5.41, 5.74) is -0.758. The van der Waals surface area contributed by atoms with E-state index in [1.807, 2.05) is 25.1 Å². The number of amides is 2. The fourth-order valence-corrected chi connectivity index (χ4v) is 5.11. The van der Waals surface area contributed by atoms with Gasteiger partial charge in [-0.2, -0.15) is 0 Å². The second-order valence-corrected chi connectivity index (χ2v) is 11.2.